The molecule has 0 spiro atoms. The van der Waals surface area contributed by atoms with Gasteiger partial charge >= 0.3 is 5.97 Å². The topological polar surface area (TPSA) is 225 Å². The second-order valence-corrected chi connectivity index (χ2v) is 10.7. The van der Waals surface area contributed by atoms with Gasteiger partial charge in [0, 0.05) is 16.3 Å². The fourth-order valence-electron chi connectivity index (χ4n) is 5.06. The number of ether oxygens (including phenoxy) is 5. The lowest BCUT2D eigenvalue weighted by Gasteiger charge is -2.40. The first-order chi connectivity index (χ1) is 20.4. The minimum Gasteiger partial charge on any atom is -0.465 e. The Balaban J connectivity index is 1.93. The number of aliphatic hydroxyl groups is 8. The summed E-state index contributed by atoms with van der Waals surface area (Å²) in [7, 11) is 1.14. The Labute approximate surface area is 246 Å². The highest BCUT2D eigenvalue weighted by Crippen LogP contribution is 2.44. The monoisotopic (exact) mass is 610 g/mol. The first kappa shape index (κ1) is 33.0. The van der Waals surface area contributed by atoms with Gasteiger partial charge in [0.15, 0.2) is 0 Å². The van der Waals surface area contributed by atoms with Gasteiger partial charge < -0.3 is 64.5 Å². The number of carbonyl (C=O) groups excluding carboxylic acids is 1. The van der Waals surface area contributed by atoms with E-state index in [1.54, 1.807) is 30.3 Å². The lowest BCUT2D eigenvalue weighted by molar-refractivity contribution is -0.277. The molecule has 0 radical (unpaired) electrons. The van der Waals surface area contributed by atoms with Crippen LogP contribution in [-0.4, -0.2) is 129 Å². The minimum absolute atomic E-state index is 0.0268. The third kappa shape index (κ3) is 6.49. The quantitative estimate of drug-likeness (QED) is 0.119. The largest absolute Gasteiger partial charge is 0.465 e. The summed E-state index contributed by atoms with van der Waals surface area (Å²) < 4.78 is 28.4. The van der Waals surface area contributed by atoms with Gasteiger partial charge in [0.1, 0.15) is 65.9 Å². The Morgan fingerprint density at radius 2 is 1.23 bits per heavy atom. The third-order valence-corrected chi connectivity index (χ3v) is 7.49. The highest BCUT2D eigenvalue weighted by molar-refractivity contribution is 6.06. The van der Waals surface area contributed by atoms with E-state index < -0.39 is 80.6 Å². The van der Waals surface area contributed by atoms with Crippen molar-refractivity contribution in [3.05, 3.63) is 47.0 Å². The van der Waals surface area contributed by atoms with Gasteiger partial charge in [-0.05, 0) is 20.3 Å². The molecule has 0 aromatic heterocycles. The molecule has 0 amide bonds. The van der Waals surface area contributed by atoms with Crippen molar-refractivity contribution in [2.24, 2.45) is 0 Å². The molecule has 2 aliphatic heterocycles. The molecule has 238 valence electrons. The van der Waals surface area contributed by atoms with Gasteiger partial charge in [0.2, 0.25) is 12.6 Å². The number of fused-ring (bicyclic) bond motifs is 1. The van der Waals surface area contributed by atoms with Crippen LogP contribution < -0.4 is 9.47 Å². The second-order valence-electron chi connectivity index (χ2n) is 10.7. The lowest BCUT2D eigenvalue weighted by Crippen LogP contribution is -2.60. The van der Waals surface area contributed by atoms with Crippen LogP contribution in [0.1, 0.15) is 29.8 Å². The van der Waals surface area contributed by atoms with Crippen molar-refractivity contribution in [1.82, 2.24) is 0 Å². The Morgan fingerprint density at radius 1 is 0.767 bits per heavy atom. The number of hydrogen-bond acceptors (Lipinski definition) is 14. The molecule has 0 saturated carbocycles. The second kappa shape index (κ2) is 13.8. The minimum atomic E-state index is -1.78. The Hall–Kier alpha value is -2.89. The zero-order chi connectivity index (χ0) is 31.6. The highest BCUT2D eigenvalue weighted by atomic mass is 16.7. The van der Waals surface area contributed by atoms with E-state index in [-0.39, 0.29) is 34.4 Å². The van der Waals surface area contributed by atoms with Gasteiger partial charge in [0.25, 0.3) is 0 Å². The molecular formula is C29H38O14. The standard InChI is InChI=1S/C29H38O14/c1-12(2)8-9-15-18(27(38)39-3)26(43-29-24(37)22(35)20(33)17(11-31)41-29)14-7-5-4-6-13(14)25(15)42-28-23(36)21(34)19(32)16(10-30)40-28/h4-8,16-17,19-24,28-37H,9-11H2,1-3H3/t16-,17-,19+,20+,21+,22+,23-,24+,28+,29+/m0/s1. The number of hydrogen-bond donors (Lipinski definition) is 8. The maximum Gasteiger partial charge on any atom is 0.342 e. The maximum atomic E-state index is 13.4. The van der Waals surface area contributed by atoms with Gasteiger partial charge in [-0.2, -0.15) is 0 Å². The predicted octanol–water partition coefficient (Wildman–Crippen LogP) is -1.51. The summed E-state index contributed by atoms with van der Waals surface area (Å²) in [6.45, 7) is 2.26. The summed E-state index contributed by atoms with van der Waals surface area (Å²) in [4.78, 5) is 13.4. The van der Waals surface area contributed by atoms with Gasteiger partial charge in [0.05, 0.1) is 20.3 Å². The zero-order valence-corrected chi connectivity index (χ0v) is 23.8. The Morgan fingerprint density at radius 3 is 1.67 bits per heavy atom. The molecule has 8 N–H and O–H groups in total. The predicted molar refractivity (Wildman–Crippen MR) is 147 cm³/mol. The van der Waals surface area contributed by atoms with Gasteiger partial charge in [-0.15, -0.1) is 0 Å². The molecular weight excluding hydrogens is 572 g/mol. The fourth-order valence-corrected chi connectivity index (χ4v) is 5.06. The van der Waals surface area contributed by atoms with E-state index in [1.807, 2.05) is 13.8 Å². The average Bonchev–Trinajstić information content (AvgIpc) is 3.00. The number of carbonyl (C=O) groups is 1. The Kier molecular flexibility index (Phi) is 10.6. The van der Waals surface area contributed by atoms with E-state index in [0.29, 0.717) is 5.39 Å². The summed E-state index contributed by atoms with van der Waals surface area (Å²) in [5.41, 5.74) is 0.873. The van der Waals surface area contributed by atoms with Crippen molar-refractivity contribution in [2.75, 3.05) is 20.3 Å². The smallest absolute Gasteiger partial charge is 0.342 e. The molecule has 0 bridgehead atoms. The van der Waals surface area contributed by atoms with Crippen LogP contribution in [-0.2, 0) is 20.6 Å². The van der Waals surface area contributed by atoms with Crippen LogP contribution >= 0.6 is 0 Å². The van der Waals surface area contributed by atoms with Gasteiger partial charge in [-0.25, -0.2) is 4.79 Å². The number of allylic oxidation sites excluding steroid dienone is 2. The molecule has 14 nitrogen and oxygen atoms in total. The molecule has 4 rings (SSSR count). The lowest BCUT2D eigenvalue weighted by atomic mass is 9.94. The molecule has 0 unspecified atom stereocenters. The summed E-state index contributed by atoms with van der Waals surface area (Å²) in [5, 5.41) is 82.4. The summed E-state index contributed by atoms with van der Waals surface area (Å²) >= 11 is 0. The number of aliphatic hydroxyl groups excluding tert-OH is 8. The number of benzene rings is 2. The summed E-state index contributed by atoms with van der Waals surface area (Å²) in [5.74, 6) is -0.995. The van der Waals surface area contributed by atoms with E-state index in [1.165, 1.54) is 0 Å². The van der Waals surface area contributed by atoms with Crippen molar-refractivity contribution < 1.29 is 69.3 Å². The number of rotatable bonds is 9. The summed E-state index contributed by atoms with van der Waals surface area (Å²) in [6, 6.07) is 6.45. The van der Waals surface area contributed by atoms with Crippen LogP contribution in [0, 0.1) is 0 Å². The van der Waals surface area contributed by atoms with Crippen LogP contribution in [0.5, 0.6) is 11.5 Å². The van der Waals surface area contributed by atoms with Crippen LogP contribution in [0.4, 0.5) is 0 Å². The zero-order valence-electron chi connectivity index (χ0n) is 23.8. The average molecular weight is 611 g/mol. The first-order valence-corrected chi connectivity index (χ1v) is 13.7. The van der Waals surface area contributed by atoms with Gasteiger partial charge in [-0.3, -0.25) is 0 Å². The van der Waals surface area contributed by atoms with E-state index in [9.17, 15) is 45.6 Å². The molecule has 14 heteroatoms. The van der Waals surface area contributed by atoms with E-state index >= 15 is 0 Å². The van der Waals surface area contributed by atoms with Crippen LogP contribution in [0.2, 0.25) is 0 Å². The molecule has 2 aliphatic rings. The third-order valence-electron chi connectivity index (χ3n) is 7.49. The SMILES string of the molecule is COC(=O)c1c(CC=C(C)C)c(O[C@H]2O[C@@H](CO)[C@@H](O)[C@@H](O)[C@@H]2O)c2ccccc2c1O[C@H]1O[C@@H](CO)[C@@H](O)[C@@H](O)[C@H]1O. The fraction of sp³-hybridized carbons (Fsp3) is 0.552. The number of methoxy groups -OCH3 is 1. The highest BCUT2D eigenvalue weighted by Gasteiger charge is 2.47. The normalized spacial score (nSPS) is 32.7. The first-order valence-electron chi connectivity index (χ1n) is 13.7. The molecule has 43 heavy (non-hydrogen) atoms. The van der Waals surface area contributed by atoms with Crippen molar-refractivity contribution in [3.63, 3.8) is 0 Å². The molecule has 10 atom stereocenters. The van der Waals surface area contributed by atoms with Crippen LogP contribution in [0.25, 0.3) is 10.8 Å². The maximum absolute atomic E-state index is 13.4. The van der Waals surface area contributed by atoms with Crippen LogP contribution in [0.3, 0.4) is 0 Å². The molecule has 2 aromatic rings. The summed E-state index contributed by atoms with van der Waals surface area (Å²) in [6.07, 6.45) is -14.2. The molecule has 2 heterocycles. The molecule has 2 aromatic carbocycles. The van der Waals surface area contributed by atoms with Crippen molar-refractivity contribution in [1.29, 1.82) is 0 Å². The number of esters is 1. The van der Waals surface area contributed by atoms with Crippen LogP contribution in [0.15, 0.2) is 35.9 Å². The van der Waals surface area contributed by atoms with E-state index in [0.717, 1.165) is 12.7 Å². The van der Waals surface area contributed by atoms with Crippen molar-refractivity contribution in [2.45, 2.75) is 81.7 Å². The molecule has 2 fully saturated rings. The molecule has 2 saturated heterocycles. The van der Waals surface area contributed by atoms with Crippen molar-refractivity contribution in [3.8, 4) is 11.5 Å². The van der Waals surface area contributed by atoms with Gasteiger partial charge in [-0.1, -0.05) is 35.9 Å². The molecule has 0 aliphatic carbocycles. The Bertz CT molecular complexity index is 1310. The van der Waals surface area contributed by atoms with E-state index in [2.05, 4.69) is 0 Å². The van der Waals surface area contributed by atoms with E-state index in [4.69, 9.17) is 23.7 Å². The van der Waals surface area contributed by atoms with Crippen molar-refractivity contribution >= 4 is 16.7 Å².